The van der Waals surface area contributed by atoms with Gasteiger partial charge in [-0.1, -0.05) is 6.92 Å². The Balaban J connectivity index is 1.33. The van der Waals surface area contributed by atoms with Crippen LogP contribution in [0.15, 0.2) is 18.2 Å². The van der Waals surface area contributed by atoms with Crippen LogP contribution < -0.4 is 9.80 Å². The second-order valence-electron chi connectivity index (χ2n) is 7.39. The molecule has 1 saturated carbocycles. The van der Waals surface area contributed by atoms with Gasteiger partial charge in [-0.25, -0.2) is 9.97 Å². The summed E-state index contributed by atoms with van der Waals surface area (Å²) in [4.78, 5) is 14.3. The number of hydrogen-bond donors (Lipinski definition) is 0. The van der Waals surface area contributed by atoms with Gasteiger partial charge in [0.2, 0.25) is 0 Å². The molecule has 0 amide bonds. The molecule has 0 spiro atoms. The first kappa shape index (κ1) is 16.4. The number of nitrogens with zero attached hydrogens (tertiary/aromatic N) is 8. The molecule has 0 unspecified atom stereocenters. The molecule has 8 nitrogen and oxygen atoms in total. The van der Waals surface area contributed by atoms with E-state index in [1.807, 2.05) is 23.6 Å². The Kier molecular flexibility index (Phi) is 3.91. The van der Waals surface area contributed by atoms with Gasteiger partial charge in [0.15, 0.2) is 11.5 Å². The van der Waals surface area contributed by atoms with Crippen LogP contribution in [-0.2, 0) is 6.42 Å². The van der Waals surface area contributed by atoms with Gasteiger partial charge in [0.1, 0.15) is 17.5 Å². The maximum atomic E-state index is 4.87. The summed E-state index contributed by atoms with van der Waals surface area (Å²) < 4.78 is 1.81. The van der Waals surface area contributed by atoms with Crippen molar-refractivity contribution in [3.8, 4) is 0 Å². The zero-order valence-corrected chi connectivity index (χ0v) is 15.8. The van der Waals surface area contributed by atoms with Crippen LogP contribution in [0.2, 0.25) is 0 Å². The highest BCUT2D eigenvalue weighted by atomic mass is 15.4. The highest BCUT2D eigenvalue weighted by molar-refractivity contribution is 5.48. The van der Waals surface area contributed by atoms with Crippen molar-refractivity contribution in [2.45, 2.75) is 39.0 Å². The van der Waals surface area contributed by atoms with E-state index in [4.69, 9.17) is 15.1 Å². The highest BCUT2D eigenvalue weighted by Gasteiger charge is 2.28. The van der Waals surface area contributed by atoms with E-state index in [2.05, 4.69) is 33.0 Å². The molecule has 0 N–H and O–H groups in total. The first-order chi connectivity index (χ1) is 13.2. The van der Waals surface area contributed by atoms with Crippen LogP contribution in [0.25, 0.3) is 5.65 Å². The van der Waals surface area contributed by atoms with Crippen LogP contribution in [0.3, 0.4) is 0 Å². The van der Waals surface area contributed by atoms with E-state index in [0.29, 0.717) is 5.92 Å². The number of piperazine rings is 1. The predicted molar refractivity (Wildman–Crippen MR) is 103 cm³/mol. The van der Waals surface area contributed by atoms with Crippen molar-refractivity contribution in [3.63, 3.8) is 0 Å². The predicted octanol–water partition coefficient (Wildman–Crippen LogP) is 1.99. The van der Waals surface area contributed by atoms with E-state index in [1.54, 1.807) is 0 Å². The summed E-state index contributed by atoms with van der Waals surface area (Å²) in [5.41, 5.74) is 1.94. The minimum absolute atomic E-state index is 0.583. The van der Waals surface area contributed by atoms with Gasteiger partial charge < -0.3 is 9.80 Å². The van der Waals surface area contributed by atoms with Crippen LogP contribution >= 0.6 is 0 Å². The Morgan fingerprint density at radius 2 is 1.70 bits per heavy atom. The molecule has 2 fully saturated rings. The van der Waals surface area contributed by atoms with Gasteiger partial charge >= 0.3 is 0 Å². The van der Waals surface area contributed by atoms with Gasteiger partial charge in [-0.3, -0.25) is 0 Å². The molecule has 2 aliphatic rings. The fraction of sp³-hybridized carbons (Fsp3) is 0.526. The Morgan fingerprint density at radius 3 is 2.41 bits per heavy atom. The lowest BCUT2D eigenvalue weighted by Gasteiger charge is -2.36. The van der Waals surface area contributed by atoms with Crippen LogP contribution in [0, 0.1) is 6.92 Å². The van der Waals surface area contributed by atoms with E-state index >= 15 is 0 Å². The molecule has 4 heterocycles. The molecular weight excluding hydrogens is 340 g/mol. The molecule has 0 aromatic carbocycles. The summed E-state index contributed by atoms with van der Waals surface area (Å²) in [5, 5.41) is 12.9. The van der Waals surface area contributed by atoms with E-state index in [1.165, 1.54) is 12.8 Å². The third kappa shape index (κ3) is 3.09. The van der Waals surface area contributed by atoms with Crippen molar-refractivity contribution in [2.24, 2.45) is 0 Å². The number of rotatable bonds is 4. The normalized spacial score (nSPS) is 17.7. The minimum Gasteiger partial charge on any atom is -0.353 e. The van der Waals surface area contributed by atoms with Gasteiger partial charge in [0.05, 0.1) is 0 Å². The second-order valence-corrected chi connectivity index (χ2v) is 7.39. The molecular formula is C19H24N8. The van der Waals surface area contributed by atoms with Crippen molar-refractivity contribution >= 4 is 17.3 Å². The van der Waals surface area contributed by atoms with Crippen molar-refractivity contribution in [1.29, 1.82) is 0 Å². The molecule has 1 aliphatic heterocycles. The van der Waals surface area contributed by atoms with E-state index in [-0.39, 0.29) is 0 Å². The maximum Gasteiger partial charge on any atom is 0.178 e. The molecule has 0 bridgehead atoms. The lowest BCUT2D eigenvalue weighted by Crippen LogP contribution is -2.47. The van der Waals surface area contributed by atoms with Crippen molar-refractivity contribution in [3.05, 3.63) is 35.5 Å². The van der Waals surface area contributed by atoms with Gasteiger partial charge in [0.25, 0.3) is 0 Å². The smallest absolute Gasteiger partial charge is 0.178 e. The summed E-state index contributed by atoms with van der Waals surface area (Å²) in [6.45, 7) is 7.80. The number of hydrogen-bond acceptors (Lipinski definition) is 7. The highest BCUT2D eigenvalue weighted by Crippen LogP contribution is 2.38. The molecule has 5 rings (SSSR count). The Labute approximate surface area is 158 Å². The molecule has 1 saturated heterocycles. The topological polar surface area (TPSA) is 75.3 Å². The van der Waals surface area contributed by atoms with E-state index in [9.17, 15) is 0 Å². The summed E-state index contributed by atoms with van der Waals surface area (Å²) >= 11 is 0. The molecule has 1 aliphatic carbocycles. The Bertz CT molecular complexity index is 969. The standard InChI is InChI=1S/C19H24N8/c1-3-15-12-18(21-19(20-15)14-4-5-14)26-10-8-25(9-11-26)17-7-6-16-23-22-13(2)27(16)24-17/h6-7,12,14H,3-5,8-11H2,1-2H3. The SMILES string of the molecule is CCc1cc(N2CCN(c3ccc4nnc(C)n4n3)CC2)nc(C2CC2)n1. The lowest BCUT2D eigenvalue weighted by atomic mass is 10.2. The van der Waals surface area contributed by atoms with Crippen LogP contribution in [0.1, 0.15) is 43.0 Å². The van der Waals surface area contributed by atoms with Gasteiger partial charge in [-0.15, -0.1) is 15.3 Å². The summed E-state index contributed by atoms with van der Waals surface area (Å²) in [7, 11) is 0. The van der Waals surface area contributed by atoms with Crippen LogP contribution in [0.5, 0.6) is 0 Å². The quantitative estimate of drug-likeness (QED) is 0.701. The largest absolute Gasteiger partial charge is 0.353 e. The molecule has 3 aromatic rings. The summed E-state index contributed by atoms with van der Waals surface area (Å²) in [6.07, 6.45) is 3.42. The Morgan fingerprint density at radius 1 is 0.963 bits per heavy atom. The monoisotopic (exact) mass is 364 g/mol. The average Bonchev–Trinajstić information content (AvgIpc) is 3.51. The van der Waals surface area contributed by atoms with Gasteiger partial charge in [0, 0.05) is 43.9 Å². The van der Waals surface area contributed by atoms with Crippen molar-refractivity contribution in [1.82, 2.24) is 29.8 Å². The van der Waals surface area contributed by atoms with Gasteiger partial charge in [-0.05, 0) is 38.3 Å². The molecule has 8 heteroatoms. The third-order valence-corrected chi connectivity index (χ3v) is 5.42. The zero-order valence-electron chi connectivity index (χ0n) is 15.8. The third-order valence-electron chi connectivity index (χ3n) is 5.42. The lowest BCUT2D eigenvalue weighted by molar-refractivity contribution is 0.632. The first-order valence-electron chi connectivity index (χ1n) is 9.78. The average molecular weight is 364 g/mol. The molecule has 140 valence electrons. The van der Waals surface area contributed by atoms with Crippen LogP contribution in [-0.4, -0.2) is 56.0 Å². The molecule has 27 heavy (non-hydrogen) atoms. The minimum atomic E-state index is 0.583. The van der Waals surface area contributed by atoms with Crippen LogP contribution in [0.4, 0.5) is 11.6 Å². The maximum absolute atomic E-state index is 4.87. The molecule has 0 radical (unpaired) electrons. The van der Waals surface area contributed by atoms with Crippen molar-refractivity contribution < 1.29 is 0 Å². The molecule has 0 atom stereocenters. The second kappa shape index (κ2) is 6.44. The van der Waals surface area contributed by atoms with Crippen molar-refractivity contribution in [2.75, 3.05) is 36.0 Å². The van der Waals surface area contributed by atoms with Gasteiger partial charge in [-0.2, -0.15) is 4.52 Å². The zero-order chi connectivity index (χ0) is 18.4. The first-order valence-corrected chi connectivity index (χ1v) is 9.78. The number of anilines is 2. The summed E-state index contributed by atoms with van der Waals surface area (Å²) in [6, 6.07) is 6.17. The number of aryl methyl sites for hydroxylation is 2. The fourth-order valence-electron chi connectivity index (χ4n) is 3.59. The van der Waals surface area contributed by atoms with E-state index < -0.39 is 0 Å². The fourth-order valence-corrected chi connectivity index (χ4v) is 3.59. The molecule has 3 aromatic heterocycles. The number of fused-ring (bicyclic) bond motifs is 1. The Hall–Kier alpha value is -2.77. The van der Waals surface area contributed by atoms with E-state index in [0.717, 1.165) is 67.2 Å². The summed E-state index contributed by atoms with van der Waals surface area (Å²) in [5.74, 6) is 4.50. The number of aromatic nitrogens is 6.